The molecule has 2 heterocycles. The minimum Gasteiger partial charge on any atom is -0.457 e. The number of ether oxygens (including phenoxy) is 3. The van der Waals surface area contributed by atoms with Crippen LogP contribution in [0, 0.1) is 6.92 Å². The summed E-state index contributed by atoms with van der Waals surface area (Å²) in [6.07, 6.45) is 3.42. The van der Waals surface area contributed by atoms with Crippen molar-refractivity contribution in [3.63, 3.8) is 0 Å². The van der Waals surface area contributed by atoms with E-state index in [1.807, 2.05) is 56.5 Å². The number of benzene rings is 2. The molecule has 0 amide bonds. The van der Waals surface area contributed by atoms with Crippen LogP contribution in [0.3, 0.4) is 0 Å². The van der Waals surface area contributed by atoms with E-state index >= 15 is 0 Å². The number of halogens is 1. The van der Waals surface area contributed by atoms with Crippen LogP contribution in [0.4, 0.5) is 0 Å². The number of hydrogen-bond acceptors (Lipinski definition) is 6. The van der Waals surface area contributed by atoms with Crippen LogP contribution in [0.2, 0.25) is 5.02 Å². The second kappa shape index (κ2) is 8.36. The maximum atomic E-state index is 6.66. The van der Waals surface area contributed by atoms with Crippen molar-refractivity contribution < 1.29 is 14.2 Å². The summed E-state index contributed by atoms with van der Waals surface area (Å²) in [5.41, 5.74) is 1.91. The second-order valence-electron chi connectivity index (χ2n) is 6.95. The fourth-order valence-corrected chi connectivity index (χ4v) is 4.07. The monoisotopic (exact) mass is 431 g/mol. The van der Waals surface area contributed by atoms with Gasteiger partial charge < -0.3 is 14.2 Å². The molecule has 8 heteroatoms. The van der Waals surface area contributed by atoms with E-state index in [1.54, 1.807) is 10.7 Å². The lowest BCUT2D eigenvalue weighted by atomic mass is 10.1. The average molecular weight is 432 g/mol. The van der Waals surface area contributed by atoms with Crippen LogP contribution < -0.4 is 4.74 Å². The normalized spacial score (nSPS) is 21.4. The predicted molar refractivity (Wildman–Crippen MR) is 113 cm³/mol. The number of hydrogen-bond donors (Lipinski definition) is 0. The summed E-state index contributed by atoms with van der Waals surface area (Å²) < 4.78 is 20.0. The van der Waals surface area contributed by atoms with E-state index in [1.165, 1.54) is 23.7 Å². The Morgan fingerprint density at radius 2 is 2.00 bits per heavy atom. The molecule has 0 N–H and O–H groups in total. The van der Waals surface area contributed by atoms with Crippen LogP contribution >= 0.6 is 23.4 Å². The molecule has 4 rings (SSSR count). The summed E-state index contributed by atoms with van der Waals surface area (Å²) in [4.78, 5) is 4.26. The summed E-state index contributed by atoms with van der Waals surface area (Å²) in [6.45, 7) is 4.84. The Morgan fingerprint density at radius 1 is 1.24 bits per heavy atom. The van der Waals surface area contributed by atoms with Gasteiger partial charge in [0.1, 0.15) is 24.4 Å². The Labute approximate surface area is 179 Å². The minimum absolute atomic E-state index is 0.0594. The first kappa shape index (κ1) is 20.2. The Hall–Kier alpha value is -2.06. The van der Waals surface area contributed by atoms with Crippen LogP contribution in [0.25, 0.3) is 0 Å². The summed E-state index contributed by atoms with van der Waals surface area (Å²) in [7, 11) is 0. The Morgan fingerprint density at radius 3 is 2.66 bits per heavy atom. The Balaban J connectivity index is 1.63. The van der Waals surface area contributed by atoms with Crippen LogP contribution in [0.15, 0.2) is 53.9 Å². The molecular formula is C21H22ClN3O3S. The van der Waals surface area contributed by atoms with Gasteiger partial charge in [-0.2, -0.15) is 5.10 Å². The van der Waals surface area contributed by atoms with Crippen molar-refractivity contribution in [2.45, 2.75) is 37.4 Å². The zero-order chi connectivity index (χ0) is 20.4. The maximum Gasteiger partial charge on any atom is 0.217 e. The van der Waals surface area contributed by atoms with E-state index in [9.17, 15) is 0 Å². The molecule has 2 aromatic carbocycles. The van der Waals surface area contributed by atoms with E-state index in [0.29, 0.717) is 23.9 Å². The molecule has 3 aromatic rings. The van der Waals surface area contributed by atoms with Crippen molar-refractivity contribution in [3.8, 4) is 11.5 Å². The molecule has 2 unspecified atom stereocenters. The molecule has 1 aliphatic heterocycles. The highest BCUT2D eigenvalue weighted by atomic mass is 35.5. The summed E-state index contributed by atoms with van der Waals surface area (Å²) in [5.74, 6) is 0.370. The number of nitrogens with zero attached hydrogens (tertiary/aromatic N) is 3. The Bertz CT molecular complexity index is 995. The van der Waals surface area contributed by atoms with Gasteiger partial charge in [0.05, 0.1) is 17.7 Å². The molecule has 1 fully saturated rings. The molecule has 0 bridgehead atoms. The fourth-order valence-electron chi connectivity index (χ4n) is 3.28. The van der Waals surface area contributed by atoms with Gasteiger partial charge in [-0.25, -0.2) is 9.67 Å². The van der Waals surface area contributed by atoms with Gasteiger partial charge >= 0.3 is 0 Å². The van der Waals surface area contributed by atoms with Crippen molar-refractivity contribution >= 4 is 23.4 Å². The molecule has 29 heavy (non-hydrogen) atoms. The molecule has 1 saturated heterocycles. The van der Waals surface area contributed by atoms with E-state index in [4.69, 9.17) is 25.8 Å². The minimum atomic E-state index is -1.03. The van der Waals surface area contributed by atoms with Crippen LogP contribution in [-0.4, -0.2) is 33.7 Å². The SMILES string of the molecule is CSc1ncnn1CC1(c2ccc(Oc3ccc(C)cc3)cc2Cl)OCC(C)O1. The smallest absolute Gasteiger partial charge is 0.217 e. The molecule has 2 atom stereocenters. The third-order valence-corrected chi connectivity index (χ3v) is 5.66. The van der Waals surface area contributed by atoms with E-state index in [-0.39, 0.29) is 6.10 Å². The molecule has 0 radical (unpaired) electrons. The van der Waals surface area contributed by atoms with E-state index in [0.717, 1.165) is 16.5 Å². The van der Waals surface area contributed by atoms with Gasteiger partial charge in [0.25, 0.3) is 0 Å². The van der Waals surface area contributed by atoms with E-state index < -0.39 is 5.79 Å². The second-order valence-corrected chi connectivity index (χ2v) is 8.13. The molecule has 1 aromatic heterocycles. The number of aryl methyl sites for hydroxylation is 1. The van der Waals surface area contributed by atoms with Gasteiger partial charge in [0.15, 0.2) is 5.16 Å². The first-order valence-electron chi connectivity index (χ1n) is 9.27. The quantitative estimate of drug-likeness (QED) is 0.509. The topological polar surface area (TPSA) is 58.4 Å². The van der Waals surface area contributed by atoms with Gasteiger partial charge in [-0.1, -0.05) is 41.1 Å². The first-order chi connectivity index (χ1) is 14.0. The van der Waals surface area contributed by atoms with Crippen molar-refractivity contribution in [1.29, 1.82) is 0 Å². The Kier molecular flexibility index (Phi) is 5.83. The van der Waals surface area contributed by atoms with Crippen molar-refractivity contribution in [1.82, 2.24) is 14.8 Å². The molecule has 1 aliphatic rings. The first-order valence-corrected chi connectivity index (χ1v) is 10.9. The van der Waals surface area contributed by atoms with Gasteiger partial charge in [0, 0.05) is 5.56 Å². The van der Waals surface area contributed by atoms with Crippen molar-refractivity contribution in [2.75, 3.05) is 12.9 Å². The largest absolute Gasteiger partial charge is 0.457 e. The summed E-state index contributed by atoms with van der Waals surface area (Å²) in [5, 5.41) is 5.61. The molecule has 0 aliphatic carbocycles. The zero-order valence-electron chi connectivity index (χ0n) is 16.5. The van der Waals surface area contributed by atoms with Crippen LogP contribution in [0.5, 0.6) is 11.5 Å². The van der Waals surface area contributed by atoms with Crippen LogP contribution in [0.1, 0.15) is 18.1 Å². The number of thioether (sulfide) groups is 1. The van der Waals surface area contributed by atoms with Crippen molar-refractivity contribution in [3.05, 3.63) is 64.9 Å². The molecule has 0 spiro atoms. The van der Waals surface area contributed by atoms with E-state index in [2.05, 4.69) is 10.1 Å². The van der Waals surface area contributed by atoms with Gasteiger partial charge in [-0.15, -0.1) is 0 Å². The number of aromatic nitrogens is 3. The third-order valence-electron chi connectivity index (χ3n) is 4.67. The highest BCUT2D eigenvalue weighted by molar-refractivity contribution is 7.98. The lowest BCUT2D eigenvalue weighted by Gasteiger charge is -2.29. The standard InChI is InChI=1S/C21H22ClN3O3S/c1-14-4-6-16(7-5-14)27-17-8-9-18(19(22)10-17)21(26-11-15(2)28-21)12-25-20(29-3)23-13-24-25/h4-10,13,15H,11-12H2,1-3H3. The fraction of sp³-hybridized carbons (Fsp3) is 0.333. The molecule has 152 valence electrons. The van der Waals surface area contributed by atoms with Gasteiger partial charge in [-0.05, 0) is 50.4 Å². The van der Waals surface area contributed by atoms with Gasteiger partial charge in [-0.3, -0.25) is 0 Å². The summed E-state index contributed by atoms with van der Waals surface area (Å²) in [6, 6.07) is 13.4. The molecule has 6 nitrogen and oxygen atoms in total. The van der Waals surface area contributed by atoms with Crippen molar-refractivity contribution in [2.24, 2.45) is 0 Å². The average Bonchev–Trinajstić information content (AvgIpc) is 3.30. The maximum absolute atomic E-state index is 6.66. The van der Waals surface area contributed by atoms with Gasteiger partial charge in [0.2, 0.25) is 5.79 Å². The highest BCUT2D eigenvalue weighted by Crippen LogP contribution is 2.41. The molecule has 0 saturated carbocycles. The highest BCUT2D eigenvalue weighted by Gasteiger charge is 2.44. The number of rotatable bonds is 6. The zero-order valence-corrected chi connectivity index (χ0v) is 18.0. The predicted octanol–water partition coefficient (Wildman–Crippen LogP) is 5.04. The lowest BCUT2D eigenvalue weighted by Crippen LogP contribution is -2.34. The molecular weight excluding hydrogens is 410 g/mol. The lowest BCUT2D eigenvalue weighted by molar-refractivity contribution is -0.188. The summed E-state index contributed by atoms with van der Waals surface area (Å²) >= 11 is 8.18. The third kappa shape index (κ3) is 4.28. The van der Waals surface area contributed by atoms with Crippen LogP contribution in [-0.2, 0) is 21.8 Å².